The van der Waals surface area contributed by atoms with Crippen molar-refractivity contribution < 1.29 is 17.9 Å². The van der Waals surface area contributed by atoms with Crippen molar-refractivity contribution >= 4 is 33.2 Å². The van der Waals surface area contributed by atoms with Crippen molar-refractivity contribution in [2.45, 2.75) is 13.5 Å². The molecule has 0 fully saturated rings. The Morgan fingerprint density at radius 2 is 1.92 bits per heavy atom. The van der Waals surface area contributed by atoms with Crippen molar-refractivity contribution in [3.05, 3.63) is 58.6 Å². The number of nitrogens with one attached hydrogen (secondary N) is 1. The quantitative estimate of drug-likeness (QED) is 0.780. The van der Waals surface area contributed by atoms with E-state index < -0.39 is 15.9 Å². The third-order valence-corrected chi connectivity index (χ3v) is 5.20. The largest absolute Gasteiger partial charge is 0.495 e. The summed E-state index contributed by atoms with van der Waals surface area (Å²) in [6, 6.07) is 12.2. The number of nitrogens with zero attached hydrogens (tertiary/aromatic N) is 1. The summed E-state index contributed by atoms with van der Waals surface area (Å²) in [4.78, 5) is 12.4. The van der Waals surface area contributed by atoms with E-state index in [1.165, 1.54) is 13.2 Å². The van der Waals surface area contributed by atoms with Crippen LogP contribution in [0.4, 0.5) is 5.69 Å². The molecule has 0 aliphatic carbocycles. The minimum absolute atomic E-state index is 0.216. The van der Waals surface area contributed by atoms with Gasteiger partial charge in [-0.1, -0.05) is 35.9 Å². The van der Waals surface area contributed by atoms with Crippen molar-refractivity contribution in [1.82, 2.24) is 5.32 Å². The first-order valence-corrected chi connectivity index (χ1v) is 10.1. The Balaban J connectivity index is 2.20. The van der Waals surface area contributed by atoms with Crippen molar-refractivity contribution in [2.24, 2.45) is 0 Å². The zero-order chi connectivity index (χ0) is 19.3. The lowest BCUT2D eigenvalue weighted by atomic mass is 10.1. The van der Waals surface area contributed by atoms with Crippen LogP contribution in [-0.4, -0.2) is 34.2 Å². The van der Waals surface area contributed by atoms with Gasteiger partial charge in [-0.3, -0.25) is 9.10 Å². The molecular formula is C18H21ClN2O4S. The maximum atomic E-state index is 12.4. The first-order valence-electron chi connectivity index (χ1n) is 7.85. The molecule has 2 aromatic rings. The molecule has 0 bridgehead atoms. The minimum Gasteiger partial charge on any atom is -0.495 e. The molecule has 0 spiro atoms. The predicted octanol–water partition coefficient (Wildman–Crippen LogP) is 2.74. The van der Waals surface area contributed by atoms with Crippen LogP contribution in [0.2, 0.25) is 5.02 Å². The van der Waals surface area contributed by atoms with Gasteiger partial charge in [-0.15, -0.1) is 0 Å². The summed E-state index contributed by atoms with van der Waals surface area (Å²) in [6.07, 6.45) is 1.03. The second kappa shape index (κ2) is 8.42. The van der Waals surface area contributed by atoms with Gasteiger partial charge in [-0.2, -0.15) is 0 Å². The van der Waals surface area contributed by atoms with E-state index >= 15 is 0 Å². The molecule has 0 heterocycles. The van der Waals surface area contributed by atoms with Gasteiger partial charge in [-0.25, -0.2) is 8.42 Å². The van der Waals surface area contributed by atoms with E-state index in [4.69, 9.17) is 16.3 Å². The highest BCUT2D eigenvalue weighted by atomic mass is 35.5. The number of hydrogen-bond acceptors (Lipinski definition) is 4. The van der Waals surface area contributed by atoms with Gasteiger partial charge in [0.05, 0.1) is 19.1 Å². The highest BCUT2D eigenvalue weighted by Crippen LogP contribution is 2.32. The molecular weight excluding hydrogens is 376 g/mol. The van der Waals surface area contributed by atoms with Crippen molar-refractivity contribution in [1.29, 1.82) is 0 Å². The van der Waals surface area contributed by atoms with Gasteiger partial charge in [0, 0.05) is 11.6 Å². The molecule has 1 N–H and O–H groups in total. The standard InChI is InChI=1S/C18H21ClN2O4S/c1-13-6-4-5-7-14(13)11-20-18(22)12-21(26(3,23)24)16-10-15(19)8-9-17(16)25-2/h4-10H,11-12H2,1-3H3,(H,20,22). The second-order valence-electron chi connectivity index (χ2n) is 5.79. The van der Waals surface area contributed by atoms with Gasteiger partial charge in [-0.05, 0) is 36.2 Å². The maximum absolute atomic E-state index is 12.4. The van der Waals surface area contributed by atoms with Gasteiger partial charge in [0.1, 0.15) is 12.3 Å². The van der Waals surface area contributed by atoms with Gasteiger partial charge < -0.3 is 10.1 Å². The Labute approximate surface area is 158 Å². The van der Waals surface area contributed by atoms with Crippen LogP contribution in [0.25, 0.3) is 0 Å². The molecule has 140 valence electrons. The van der Waals surface area contributed by atoms with Crippen molar-refractivity contribution in [3.8, 4) is 5.75 Å². The average Bonchev–Trinajstić information content (AvgIpc) is 2.58. The Morgan fingerprint density at radius 3 is 2.54 bits per heavy atom. The summed E-state index contributed by atoms with van der Waals surface area (Å²) >= 11 is 5.99. The molecule has 2 rings (SSSR count). The fourth-order valence-electron chi connectivity index (χ4n) is 2.43. The summed E-state index contributed by atoms with van der Waals surface area (Å²) in [5.74, 6) is -0.118. The normalized spacial score (nSPS) is 11.1. The molecule has 0 atom stereocenters. The summed E-state index contributed by atoms with van der Waals surface area (Å²) in [5.41, 5.74) is 2.23. The van der Waals surface area contributed by atoms with E-state index in [2.05, 4.69) is 5.32 Å². The topological polar surface area (TPSA) is 75.7 Å². The lowest BCUT2D eigenvalue weighted by molar-refractivity contribution is -0.119. The van der Waals surface area contributed by atoms with Crippen LogP contribution in [-0.2, 0) is 21.4 Å². The van der Waals surface area contributed by atoms with Crippen LogP contribution in [0.15, 0.2) is 42.5 Å². The van der Waals surface area contributed by atoms with Crippen molar-refractivity contribution in [3.63, 3.8) is 0 Å². The highest BCUT2D eigenvalue weighted by Gasteiger charge is 2.24. The number of carbonyl (C=O) groups is 1. The fraction of sp³-hybridized carbons (Fsp3) is 0.278. The third kappa shape index (κ3) is 5.12. The molecule has 2 aromatic carbocycles. The monoisotopic (exact) mass is 396 g/mol. The summed E-state index contributed by atoms with van der Waals surface area (Å²) in [5, 5.41) is 3.09. The van der Waals surface area contributed by atoms with Gasteiger partial charge >= 0.3 is 0 Å². The van der Waals surface area contributed by atoms with Gasteiger partial charge in [0.15, 0.2) is 0 Å². The molecule has 0 aliphatic rings. The summed E-state index contributed by atoms with van der Waals surface area (Å²) < 4.78 is 30.6. The molecule has 1 amide bonds. The molecule has 6 nitrogen and oxygen atoms in total. The van der Waals surface area contributed by atoms with Crippen LogP contribution in [0.5, 0.6) is 5.75 Å². The number of hydrogen-bond donors (Lipinski definition) is 1. The first-order chi connectivity index (χ1) is 12.2. The number of methoxy groups -OCH3 is 1. The van der Waals surface area contributed by atoms with E-state index in [1.807, 2.05) is 31.2 Å². The number of rotatable bonds is 7. The average molecular weight is 397 g/mol. The number of amides is 1. The molecule has 26 heavy (non-hydrogen) atoms. The molecule has 0 unspecified atom stereocenters. The number of halogens is 1. The lowest BCUT2D eigenvalue weighted by Crippen LogP contribution is -2.40. The van der Waals surface area contributed by atoms with Crippen LogP contribution in [0.1, 0.15) is 11.1 Å². The molecule has 0 saturated carbocycles. The van der Waals surface area contributed by atoms with Gasteiger partial charge in [0.25, 0.3) is 0 Å². The Hall–Kier alpha value is -2.25. The van der Waals surface area contributed by atoms with E-state index in [0.717, 1.165) is 21.7 Å². The number of benzene rings is 2. The minimum atomic E-state index is -3.72. The number of aryl methyl sites for hydroxylation is 1. The number of carbonyl (C=O) groups excluding carboxylic acids is 1. The van der Waals surface area contributed by atoms with E-state index in [9.17, 15) is 13.2 Å². The Morgan fingerprint density at radius 1 is 1.23 bits per heavy atom. The number of anilines is 1. The smallest absolute Gasteiger partial charge is 0.241 e. The second-order valence-corrected chi connectivity index (χ2v) is 8.13. The summed E-state index contributed by atoms with van der Waals surface area (Å²) in [6.45, 7) is 1.89. The van der Waals surface area contributed by atoms with E-state index in [0.29, 0.717) is 17.3 Å². The van der Waals surface area contributed by atoms with Crippen LogP contribution in [0, 0.1) is 6.92 Å². The van der Waals surface area contributed by atoms with Gasteiger partial charge in [0.2, 0.25) is 15.9 Å². The van der Waals surface area contributed by atoms with Crippen LogP contribution < -0.4 is 14.4 Å². The molecule has 0 radical (unpaired) electrons. The number of ether oxygens (including phenoxy) is 1. The molecule has 0 saturated heterocycles. The molecule has 0 aliphatic heterocycles. The zero-order valence-electron chi connectivity index (χ0n) is 14.8. The van der Waals surface area contributed by atoms with Crippen LogP contribution >= 0.6 is 11.6 Å². The van der Waals surface area contributed by atoms with Crippen molar-refractivity contribution in [2.75, 3.05) is 24.2 Å². The SMILES string of the molecule is COc1ccc(Cl)cc1N(CC(=O)NCc1ccccc1C)S(C)(=O)=O. The van der Waals surface area contributed by atoms with E-state index in [1.54, 1.807) is 12.1 Å². The zero-order valence-corrected chi connectivity index (χ0v) is 16.4. The Bertz CT molecular complexity index is 900. The highest BCUT2D eigenvalue weighted by molar-refractivity contribution is 7.92. The summed E-state index contributed by atoms with van der Waals surface area (Å²) in [7, 11) is -2.30. The Kier molecular flexibility index (Phi) is 6.50. The fourth-order valence-corrected chi connectivity index (χ4v) is 3.45. The first kappa shape index (κ1) is 20.1. The lowest BCUT2D eigenvalue weighted by Gasteiger charge is -2.24. The third-order valence-electron chi connectivity index (χ3n) is 3.83. The molecule has 0 aromatic heterocycles. The van der Waals surface area contributed by atoms with Crippen LogP contribution in [0.3, 0.4) is 0 Å². The van der Waals surface area contributed by atoms with E-state index in [-0.39, 0.29) is 12.2 Å². The number of sulfonamides is 1. The predicted molar refractivity (Wildman–Crippen MR) is 103 cm³/mol. The molecule has 8 heteroatoms. The maximum Gasteiger partial charge on any atom is 0.241 e.